The Morgan fingerprint density at radius 2 is 1.35 bits per heavy atom. The molecule has 0 radical (unpaired) electrons. The number of nitrogens with zero attached hydrogens (tertiary/aromatic N) is 1. The number of hydrogen-bond donors (Lipinski definition) is 0. The van der Waals surface area contributed by atoms with Crippen molar-refractivity contribution in [2.45, 2.75) is 13.8 Å². The van der Waals surface area contributed by atoms with E-state index in [-0.39, 0.29) is 0 Å². The molecule has 2 aromatic rings. The summed E-state index contributed by atoms with van der Waals surface area (Å²) >= 11 is 0. The SMILES string of the molecule is C=CN=C(/C(C)=C(\C)c1ccccc1)c1ccccc1. The quantitative estimate of drug-likeness (QED) is 0.678. The van der Waals surface area contributed by atoms with Crippen LogP contribution in [0.4, 0.5) is 0 Å². The molecule has 2 aromatic carbocycles. The molecule has 0 amide bonds. The van der Waals surface area contributed by atoms with Gasteiger partial charge in [-0.25, -0.2) is 0 Å². The molecule has 0 saturated carbocycles. The van der Waals surface area contributed by atoms with Crippen LogP contribution in [0.1, 0.15) is 25.0 Å². The summed E-state index contributed by atoms with van der Waals surface area (Å²) in [5, 5.41) is 0. The van der Waals surface area contributed by atoms with Crippen LogP contribution in [0.3, 0.4) is 0 Å². The molecule has 0 heterocycles. The van der Waals surface area contributed by atoms with Gasteiger partial charge in [-0.3, -0.25) is 4.99 Å². The van der Waals surface area contributed by atoms with Crippen molar-refractivity contribution in [1.82, 2.24) is 0 Å². The first-order valence-corrected chi connectivity index (χ1v) is 6.71. The van der Waals surface area contributed by atoms with Crippen molar-refractivity contribution in [3.05, 3.63) is 90.1 Å². The lowest BCUT2D eigenvalue weighted by atomic mass is 9.95. The Bertz CT molecular complexity index is 634. The van der Waals surface area contributed by atoms with E-state index in [1.807, 2.05) is 24.3 Å². The predicted octanol–water partition coefficient (Wildman–Crippen LogP) is 5.11. The first-order chi connectivity index (χ1) is 9.74. The minimum absolute atomic E-state index is 0.974. The summed E-state index contributed by atoms with van der Waals surface area (Å²) in [5.41, 5.74) is 5.71. The molecule has 0 aliphatic heterocycles. The van der Waals surface area contributed by atoms with Gasteiger partial charge in [-0.05, 0) is 30.6 Å². The lowest BCUT2D eigenvalue weighted by Crippen LogP contribution is -2.04. The second-order valence-electron chi connectivity index (χ2n) is 4.64. The van der Waals surface area contributed by atoms with Gasteiger partial charge in [0.15, 0.2) is 0 Å². The van der Waals surface area contributed by atoms with Crippen LogP contribution >= 0.6 is 0 Å². The molecule has 0 atom stereocenters. The summed E-state index contributed by atoms with van der Waals surface area (Å²) in [4.78, 5) is 4.46. The molecule has 0 aromatic heterocycles. The van der Waals surface area contributed by atoms with Gasteiger partial charge < -0.3 is 0 Å². The third-order valence-electron chi connectivity index (χ3n) is 3.39. The Kier molecular flexibility index (Phi) is 4.67. The van der Waals surface area contributed by atoms with Gasteiger partial charge in [0.1, 0.15) is 0 Å². The van der Waals surface area contributed by atoms with E-state index < -0.39 is 0 Å². The fourth-order valence-electron chi connectivity index (χ4n) is 2.16. The Labute approximate surface area is 121 Å². The largest absolute Gasteiger partial charge is 0.257 e. The third-order valence-corrected chi connectivity index (χ3v) is 3.39. The van der Waals surface area contributed by atoms with E-state index in [1.54, 1.807) is 6.20 Å². The standard InChI is InChI=1S/C19H19N/c1-4-20-19(18-13-9-6-10-14-18)16(3)15(2)17-11-7-5-8-12-17/h4-14H,1H2,2-3H3/b16-15+,20-19?. The average molecular weight is 261 g/mol. The monoisotopic (exact) mass is 261 g/mol. The van der Waals surface area contributed by atoms with Crippen LogP contribution in [-0.2, 0) is 0 Å². The van der Waals surface area contributed by atoms with Crippen LogP contribution in [-0.4, -0.2) is 5.71 Å². The zero-order chi connectivity index (χ0) is 14.4. The van der Waals surface area contributed by atoms with Gasteiger partial charge in [0, 0.05) is 11.8 Å². The first kappa shape index (κ1) is 14.0. The molecular formula is C19H19N. The van der Waals surface area contributed by atoms with Crippen molar-refractivity contribution in [3.8, 4) is 0 Å². The topological polar surface area (TPSA) is 12.4 Å². The zero-order valence-corrected chi connectivity index (χ0v) is 12.0. The van der Waals surface area contributed by atoms with E-state index in [9.17, 15) is 0 Å². The Balaban J connectivity index is 2.50. The Hall–Kier alpha value is -2.41. The van der Waals surface area contributed by atoms with Gasteiger partial charge in [0.05, 0.1) is 5.71 Å². The molecule has 0 fully saturated rings. The van der Waals surface area contributed by atoms with E-state index in [0.29, 0.717) is 0 Å². The maximum absolute atomic E-state index is 4.46. The summed E-state index contributed by atoms with van der Waals surface area (Å²) in [6, 6.07) is 20.6. The number of allylic oxidation sites excluding steroid dienone is 2. The highest BCUT2D eigenvalue weighted by Gasteiger charge is 2.09. The highest BCUT2D eigenvalue weighted by atomic mass is 14.7. The maximum atomic E-state index is 4.46. The van der Waals surface area contributed by atoms with Gasteiger partial charge >= 0.3 is 0 Å². The molecule has 0 bridgehead atoms. The molecule has 0 N–H and O–H groups in total. The van der Waals surface area contributed by atoms with E-state index in [4.69, 9.17) is 0 Å². The van der Waals surface area contributed by atoms with E-state index in [1.165, 1.54) is 16.7 Å². The summed E-state index contributed by atoms with van der Waals surface area (Å²) in [6.07, 6.45) is 1.60. The van der Waals surface area contributed by atoms with Gasteiger partial charge in [0.25, 0.3) is 0 Å². The van der Waals surface area contributed by atoms with Crippen molar-refractivity contribution < 1.29 is 0 Å². The summed E-state index contributed by atoms with van der Waals surface area (Å²) < 4.78 is 0. The highest BCUT2D eigenvalue weighted by molar-refractivity contribution is 6.16. The van der Waals surface area contributed by atoms with E-state index >= 15 is 0 Å². The van der Waals surface area contributed by atoms with E-state index in [2.05, 4.69) is 61.8 Å². The van der Waals surface area contributed by atoms with Crippen molar-refractivity contribution >= 4 is 11.3 Å². The molecule has 20 heavy (non-hydrogen) atoms. The molecule has 0 unspecified atom stereocenters. The summed E-state index contributed by atoms with van der Waals surface area (Å²) in [5.74, 6) is 0. The van der Waals surface area contributed by atoms with Crippen LogP contribution in [0, 0.1) is 0 Å². The fourth-order valence-corrected chi connectivity index (χ4v) is 2.16. The minimum Gasteiger partial charge on any atom is -0.257 e. The van der Waals surface area contributed by atoms with Crippen LogP contribution in [0.25, 0.3) is 5.57 Å². The van der Waals surface area contributed by atoms with Crippen LogP contribution in [0.2, 0.25) is 0 Å². The zero-order valence-electron chi connectivity index (χ0n) is 12.0. The highest BCUT2D eigenvalue weighted by Crippen LogP contribution is 2.21. The molecule has 0 spiro atoms. The molecule has 100 valence electrons. The molecular weight excluding hydrogens is 242 g/mol. The van der Waals surface area contributed by atoms with Crippen LogP contribution in [0.15, 0.2) is 84.0 Å². The molecule has 2 rings (SSSR count). The van der Waals surface area contributed by atoms with Crippen molar-refractivity contribution in [2.75, 3.05) is 0 Å². The van der Waals surface area contributed by atoms with Crippen LogP contribution < -0.4 is 0 Å². The van der Waals surface area contributed by atoms with Crippen molar-refractivity contribution in [2.24, 2.45) is 4.99 Å². The first-order valence-electron chi connectivity index (χ1n) is 6.71. The second-order valence-corrected chi connectivity index (χ2v) is 4.64. The Morgan fingerprint density at radius 3 is 1.85 bits per heavy atom. The predicted molar refractivity (Wildman–Crippen MR) is 87.9 cm³/mol. The van der Waals surface area contributed by atoms with Gasteiger partial charge in [-0.1, -0.05) is 67.2 Å². The van der Waals surface area contributed by atoms with Crippen molar-refractivity contribution in [1.29, 1.82) is 0 Å². The third kappa shape index (κ3) is 3.12. The lowest BCUT2D eigenvalue weighted by Gasteiger charge is -2.11. The molecule has 0 aliphatic rings. The summed E-state index contributed by atoms with van der Waals surface area (Å²) in [7, 11) is 0. The minimum atomic E-state index is 0.974. The number of aliphatic imine (C=N–C) groups is 1. The van der Waals surface area contributed by atoms with Gasteiger partial charge in [-0.15, -0.1) is 0 Å². The molecule has 0 saturated heterocycles. The van der Waals surface area contributed by atoms with Crippen molar-refractivity contribution in [3.63, 3.8) is 0 Å². The molecule has 1 heteroatoms. The van der Waals surface area contributed by atoms with Gasteiger partial charge in [-0.2, -0.15) is 0 Å². The number of hydrogen-bond acceptors (Lipinski definition) is 1. The maximum Gasteiger partial charge on any atom is 0.0733 e. The van der Waals surface area contributed by atoms with Gasteiger partial charge in [0.2, 0.25) is 0 Å². The average Bonchev–Trinajstić information content (AvgIpc) is 2.53. The molecule has 1 nitrogen and oxygen atoms in total. The fraction of sp³-hybridized carbons (Fsp3) is 0.105. The summed E-state index contributed by atoms with van der Waals surface area (Å²) in [6.45, 7) is 7.97. The molecule has 0 aliphatic carbocycles. The van der Waals surface area contributed by atoms with E-state index in [0.717, 1.165) is 11.3 Å². The van der Waals surface area contributed by atoms with Crippen LogP contribution in [0.5, 0.6) is 0 Å². The smallest absolute Gasteiger partial charge is 0.0733 e. The number of rotatable bonds is 4. The second kappa shape index (κ2) is 6.67. The number of benzene rings is 2. The normalized spacial score (nSPS) is 12.8. The Morgan fingerprint density at radius 1 is 0.850 bits per heavy atom. The lowest BCUT2D eigenvalue weighted by molar-refractivity contribution is 1.44.